The summed E-state index contributed by atoms with van der Waals surface area (Å²) >= 11 is 0. The molecular weight excluding hydrogens is 628 g/mol. The molecule has 1 heterocycles. The van der Waals surface area contributed by atoms with Crippen molar-refractivity contribution in [2.24, 2.45) is 0 Å². The van der Waals surface area contributed by atoms with Crippen molar-refractivity contribution in [2.75, 3.05) is 0 Å². The molecule has 1 atom stereocenters. The highest BCUT2D eigenvalue weighted by molar-refractivity contribution is 6.01. The maximum absolute atomic E-state index is 12.7. The van der Waals surface area contributed by atoms with E-state index in [1.54, 1.807) is 20.8 Å². The fourth-order valence-corrected chi connectivity index (χ4v) is 5.44. The van der Waals surface area contributed by atoms with E-state index in [2.05, 4.69) is 5.32 Å². The zero-order valence-electron chi connectivity index (χ0n) is 29.9. The summed E-state index contributed by atoms with van der Waals surface area (Å²) in [6.45, 7) is 5.48. The van der Waals surface area contributed by atoms with Crippen LogP contribution < -0.4 is 5.32 Å². The first-order chi connectivity index (χ1) is 23.4. The van der Waals surface area contributed by atoms with Crippen LogP contribution in [0.5, 0.6) is 0 Å². The highest BCUT2D eigenvalue weighted by Crippen LogP contribution is 2.17. The smallest absolute Gasteiger partial charge is 0.333 e. The monoisotopic (exact) mass is 686 g/mol. The number of unbranched alkanes of at least 4 members (excludes halogenated alkanes) is 13. The van der Waals surface area contributed by atoms with Crippen LogP contribution in [-0.4, -0.2) is 52.3 Å². The van der Waals surface area contributed by atoms with Gasteiger partial charge in [0.2, 0.25) is 5.91 Å². The molecule has 1 aromatic rings. The summed E-state index contributed by atoms with van der Waals surface area (Å²) in [6.07, 6.45) is 15.8. The Morgan fingerprint density at radius 2 is 1.18 bits per heavy atom. The number of imide groups is 1. The number of nitrogens with one attached hydrogen (secondary N) is 1. The van der Waals surface area contributed by atoms with E-state index in [0.29, 0.717) is 24.5 Å². The zero-order valence-corrected chi connectivity index (χ0v) is 29.9. The summed E-state index contributed by atoms with van der Waals surface area (Å²) in [5.74, 6) is -3.07. The van der Waals surface area contributed by atoms with Gasteiger partial charge >= 0.3 is 17.9 Å². The molecule has 1 aromatic carbocycles. The van der Waals surface area contributed by atoms with Gasteiger partial charge in [-0.2, -0.15) is 0 Å². The molecule has 1 aliphatic heterocycles. The van der Waals surface area contributed by atoms with Crippen LogP contribution in [0.2, 0.25) is 0 Å². The molecule has 0 aliphatic carbocycles. The van der Waals surface area contributed by atoms with Gasteiger partial charge in [-0.3, -0.25) is 19.2 Å². The molecule has 3 amide bonds. The molecule has 49 heavy (non-hydrogen) atoms. The third-order valence-corrected chi connectivity index (χ3v) is 8.14. The molecular formula is C38H58N2O9. The van der Waals surface area contributed by atoms with Gasteiger partial charge in [-0.05, 0) is 45.6 Å². The molecule has 0 spiro atoms. The Morgan fingerprint density at radius 1 is 0.694 bits per heavy atom. The maximum Gasteiger partial charge on any atom is 0.333 e. The molecule has 1 aliphatic rings. The predicted molar refractivity (Wildman–Crippen MR) is 184 cm³/mol. The number of ether oxygens (including phenoxy) is 2. The highest BCUT2D eigenvalue weighted by atomic mass is 16.7. The minimum Gasteiger partial charge on any atom is -0.461 e. The zero-order chi connectivity index (χ0) is 35.9. The van der Waals surface area contributed by atoms with E-state index in [9.17, 15) is 28.8 Å². The Hall–Kier alpha value is -3.76. The lowest BCUT2D eigenvalue weighted by Crippen LogP contribution is -2.44. The van der Waals surface area contributed by atoms with E-state index in [-0.39, 0.29) is 44.0 Å². The summed E-state index contributed by atoms with van der Waals surface area (Å²) in [6, 6.07) is 8.69. The number of amides is 3. The van der Waals surface area contributed by atoms with E-state index in [1.165, 1.54) is 44.9 Å². The minimum absolute atomic E-state index is 0.00977. The number of hydrogen-bond acceptors (Lipinski definition) is 9. The fourth-order valence-electron chi connectivity index (χ4n) is 5.44. The quantitative estimate of drug-likeness (QED) is 0.0642. The SMILES string of the molecule is CC(C)(C)OC(=O)C(CCC(=O)ON1C(=O)CCC1=O)NC(=O)CCCCCCCCCCCCCCCCC(=O)OCc1ccccc1. The summed E-state index contributed by atoms with van der Waals surface area (Å²) < 4.78 is 10.7. The topological polar surface area (TPSA) is 145 Å². The van der Waals surface area contributed by atoms with E-state index in [4.69, 9.17) is 14.3 Å². The van der Waals surface area contributed by atoms with Crippen LogP contribution in [0.25, 0.3) is 0 Å². The third-order valence-electron chi connectivity index (χ3n) is 8.14. The lowest BCUT2D eigenvalue weighted by Gasteiger charge is -2.24. The van der Waals surface area contributed by atoms with Crippen molar-refractivity contribution in [3.05, 3.63) is 35.9 Å². The van der Waals surface area contributed by atoms with Crippen LogP contribution in [-0.2, 0) is 49.7 Å². The first-order valence-electron chi connectivity index (χ1n) is 18.2. The van der Waals surface area contributed by atoms with Crippen molar-refractivity contribution in [3.63, 3.8) is 0 Å². The van der Waals surface area contributed by atoms with Gasteiger partial charge in [-0.15, -0.1) is 5.06 Å². The van der Waals surface area contributed by atoms with Crippen LogP contribution in [0.1, 0.15) is 155 Å². The van der Waals surface area contributed by atoms with Gasteiger partial charge in [0.15, 0.2) is 0 Å². The summed E-state index contributed by atoms with van der Waals surface area (Å²) in [5.41, 5.74) is 0.233. The van der Waals surface area contributed by atoms with Gasteiger partial charge in [-0.1, -0.05) is 107 Å². The third kappa shape index (κ3) is 19.7. The molecule has 1 saturated heterocycles. The molecule has 274 valence electrons. The number of carbonyl (C=O) groups is 6. The first-order valence-corrected chi connectivity index (χ1v) is 18.2. The Balaban J connectivity index is 1.45. The second kappa shape index (κ2) is 23.6. The van der Waals surface area contributed by atoms with Crippen molar-refractivity contribution in [1.29, 1.82) is 0 Å². The number of benzene rings is 1. The minimum atomic E-state index is -1.05. The lowest BCUT2D eigenvalue weighted by molar-refractivity contribution is -0.197. The first kappa shape index (κ1) is 41.4. The van der Waals surface area contributed by atoms with Crippen molar-refractivity contribution in [3.8, 4) is 0 Å². The Bertz CT molecular complexity index is 1160. The number of carbonyl (C=O) groups excluding carboxylic acids is 6. The van der Waals surface area contributed by atoms with Gasteiger partial charge in [0.25, 0.3) is 11.8 Å². The van der Waals surface area contributed by atoms with Crippen molar-refractivity contribution in [2.45, 2.75) is 167 Å². The molecule has 0 radical (unpaired) electrons. The lowest BCUT2D eigenvalue weighted by atomic mass is 10.0. The molecule has 1 unspecified atom stereocenters. The summed E-state index contributed by atoms with van der Waals surface area (Å²) in [4.78, 5) is 77.7. The van der Waals surface area contributed by atoms with E-state index >= 15 is 0 Å². The van der Waals surface area contributed by atoms with E-state index in [0.717, 1.165) is 44.1 Å². The van der Waals surface area contributed by atoms with Crippen LogP contribution in [0.3, 0.4) is 0 Å². The normalized spacial score (nSPS) is 13.7. The van der Waals surface area contributed by atoms with Crippen LogP contribution in [0.4, 0.5) is 0 Å². The number of esters is 2. The van der Waals surface area contributed by atoms with Crippen molar-refractivity contribution in [1.82, 2.24) is 10.4 Å². The van der Waals surface area contributed by atoms with Gasteiger partial charge in [0.05, 0.1) is 6.42 Å². The Kier molecular flexibility index (Phi) is 19.9. The second-order valence-corrected chi connectivity index (χ2v) is 13.8. The molecule has 11 heteroatoms. The Morgan fingerprint density at radius 3 is 1.69 bits per heavy atom. The summed E-state index contributed by atoms with van der Waals surface area (Å²) in [7, 11) is 0. The Labute approximate surface area is 292 Å². The average Bonchev–Trinajstić information content (AvgIpc) is 3.37. The molecule has 0 saturated carbocycles. The molecule has 1 fully saturated rings. The van der Waals surface area contributed by atoms with Gasteiger partial charge in [0.1, 0.15) is 18.2 Å². The molecule has 11 nitrogen and oxygen atoms in total. The number of hydroxylamine groups is 2. The highest BCUT2D eigenvalue weighted by Gasteiger charge is 2.33. The number of rotatable bonds is 25. The largest absolute Gasteiger partial charge is 0.461 e. The average molecular weight is 687 g/mol. The van der Waals surface area contributed by atoms with Gasteiger partial charge in [-0.25, -0.2) is 9.59 Å². The molecule has 0 bridgehead atoms. The van der Waals surface area contributed by atoms with E-state index in [1.807, 2.05) is 30.3 Å². The number of hydrogen-bond donors (Lipinski definition) is 1. The maximum atomic E-state index is 12.7. The van der Waals surface area contributed by atoms with Crippen molar-refractivity contribution >= 4 is 35.6 Å². The second-order valence-electron chi connectivity index (χ2n) is 13.8. The summed E-state index contributed by atoms with van der Waals surface area (Å²) in [5, 5.41) is 3.15. The van der Waals surface area contributed by atoms with Crippen LogP contribution in [0, 0.1) is 0 Å². The van der Waals surface area contributed by atoms with Crippen LogP contribution >= 0.6 is 0 Å². The molecule has 0 aromatic heterocycles. The standard InChI is InChI=1S/C38H58N2O9/c1-38(2,3)48-37(46)31(25-28-36(45)49-40-33(42)26-27-34(40)43)39-32(41)23-19-14-12-10-8-6-4-5-7-9-11-13-15-20-24-35(44)47-29-30-21-17-16-18-22-30/h16-18,21-22,31H,4-15,19-20,23-29H2,1-3H3,(H,39,41). The number of nitrogens with zero attached hydrogens (tertiary/aromatic N) is 1. The van der Waals surface area contributed by atoms with Crippen molar-refractivity contribution < 1.29 is 43.1 Å². The predicted octanol–water partition coefficient (Wildman–Crippen LogP) is 7.19. The molecule has 1 N–H and O–H groups in total. The fraction of sp³-hybridized carbons (Fsp3) is 0.684. The van der Waals surface area contributed by atoms with Crippen LogP contribution in [0.15, 0.2) is 30.3 Å². The molecule has 2 rings (SSSR count). The van der Waals surface area contributed by atoms with Gasteiger partial charge < -0.3 is 19.6 Å². The van der Waals surface area contributed by atoms with Gasteiger partial charge in [0, 0.05) is 25.7 Å². The van der Waals surface area contributed by atoms with E-state index < -0.39 is 35.4 Å².